The third-order valence-corrected chi connectivity index (χ3v) is 4.92. The Hall–Kier alpha value is -2.24. The molecular formula is C15H15F5N2O4S. The molecule has 0 aromatic carbocycles. The Kier molecular flexibility index (Phi) is 6.07. The van der Waals surface area contributed by atoms with Crippen LogP contribution in [0.25, 0.3) is 10.2 Å². The molecule has 0 aliphatic carbocycles. The number of ether oxygens (including phenoxy) is 1. The Balaban J connectivity index is 2.89. The van der Waals surface area contributed by atoms with E-state index < -0.39 is 63.4 Å². The van der Waals surface area contributed by atoms with Crippen LogP contribution in [0.3, 0.4) is 0 Å². The highest BCUT2D eigenvalue weighted by atomic mass is 32.1. The summed E-state index contributed by atoms with van der Waals surface area (Å²) in [5, 5.41) is -0.637. The van der Waals surface area contributed by atoms with Gasteiger partial charge in [0.05, 0.1) is 24.0 Å². The van der Waals surface area contributed by atoms with Crippen molar-refractivity contribution >= 4 is 27.5 Å². The zero-order valence-corrected chi connectivity index (χ0v) is 15.0. The SMILES string of the molecule is CCOC(=O)c1sc2c(c1C(F)F)c(=O)n(CC)c(=O)n2CCC(F)(F)F. The monoisotopic (exact) mass is 414 g/mol. The van der Waals surface area contributed by atoms with Gasteiger partial charge in [0.25, 0.3) is 12.0 Å². The fraction of sp³-hybridized carbons (Fsp3) is 0.533. The topological polar surface area (TPSA) is 70.3 Å². The molecule has 27 heavy (non-hydrogen) atoms. The number of nitrogens with zero attached hydrogens (tertiary/aromatic N) is 2. The van der Waals surface area contributed by atoms with E-state index in [0.717, 1.165) is 0 Å². The van der Waals surface area contributed by atoms with Crippen molar-refractivity contribution in [3.8, 4) is 0 Å². The number of alkyl halides is 5. The molecule has 0 amide bonds. The lowest BCUT2D eigenvalue weighted by Gasteiger charge is -2.12. The van der Waals surface area contributed by atoms with Crippen LogP contribution in [-0.2, 0) is 17.8 Å². The van der Waals surface area contributed by atoms with Crippen molar-refractivity contribution < 1.29 is 31.5 Å². The molecule has 0 N–H and O–H groups in total. The number of thiophene rings is 1. The van der Waals surface area contributed by atoms with Crippen molar-refractivity contribution in [1.82, 2.24) is 9.13 Å². The molecule has 6 nitrogen and oxygen atoms in total. The first-order valence-corrected chi connectivity index (χ1v) is 8.67. The Morgan fingerprint density at radius 3 is 2.30 bits per heavy atom. The van der Waals surface area contributed by atoms with E-state index in [1.807, 2.05) is 0 Å². The van der Waals surface area contributed by atoms with Crippen LogP contribution in [0.15, 0.2) is 9.59 Å². The maximum absolute atomic E-state index is 13.6. The van der Waals surface area contributed by atoms with Crippen molar-refractivity contribution in [2.24, 2.45) is 0 Å². The van der Waals surface area contributed by atoms with E-state index in [2.05, 4.69) is 0 Å². The third-order valence-electron chi connectivity index (χ3n) is 3.71. The van der Waals surface area contributed by atoms with Crippen molar-refractivity contribution in [2.75, 3.05) is 6.61 Å². The van der Waals surface area contributed by atoms with Crippen LogP contribution < -0.4 is 11.2 Å². The van der Waals surface area contributed by atoms with E-state index in [1.54, 1.807) is 0 Å². The van der Waals surface area contributed by atoms with Crippen LogP contribution in [0.4, 0.5) is 22.0 Å². The van der Waals surface area contributed by atoms with Crippen LogP contribution in [-0.4, -0.2) is 27.9 Å². The number of rotatable bonds is 6. The normalized spacial score (nSPS) is 12.1. The van der Waals surface area contributed by atoms with Crippen LogP contribution in [0.1, 0.15) is 41.9 Å². The van der Waals surface area contributed by atoms with E-state index in [1.165, 1.54) is 13.8 Å². The van der Waals surface area contributed by atoms with Gasteiger partial charge >= 0.3 is 17.8 Å². The van der Waals surface area contributed by atoms with Crippen molar-refractivity contribution in [1.29, 1.82) is 0 Å². The van der Waals surface area contributed by atoms with Gasteiger partial charge in [-0.2, -0.15) is 13.2 Å². The number of aryl methyl sites for hydroxylation is 1. The first kappa shape index (κ1) is 21.1. The summed E-state index contributed by atoms with van der Waals surface area (Å²) in [6, 6.07) is 0. The summed E-state index contributed by atoms with van der Waals surface area (Å²) in [6.45, 7) is 1.59. The predicted octanol–water partition coefficient (Wildman–Crippen LogP) is 3.31. The third kappa shape index (κ3) is 4.04. The second-order valence-electron chi connectivity index (χ2n) is 5.39. The molecule has 0 bridgehead atoms. The standard InChI is InChI=1S/C15H15F5N2O4S/c1-3-21-11(23)8-7(10(16)17)9(13(24)26-4-2)27-12(8)22(14(21)25)6-5-15(18,19)20/h10H,3-6H2,1-2H3. The summed E-state index contributed by atoms with van der Waals surface area (Å²) in [5.74, 6) is -1.13. The van der Waals surface area contributed by atoms with Crippen LogP contribution in [0.2, 0.25) is 0 Å². The van der Waals surface area contributed by atoms with Gasteiger partial charge in [-0.25, -0.2) is 18.4 Å². The van der Waals surface area contributed by atoms with E-state index in [-0.39, 0.29) is 13.2 Å². The van der Waals surface area contributed by atoms with Gasteiger partial charge in [-0.1, -0.05) is 0 Å². The molecule has 0 aliphatic heterocycles. The summed E-state index contributed by atoms with van der Waals surface area (Å²) in [6.07, 6.45) is -9.27. The quantitative estimate of drug-likeness (QED) is 0.537. The van der Waals surface area contributed by atoms with Gasteiger partial charge in [0, 0.05) is 13.1 Å². The minimum Gasteiger partial charge on any atom is -0.462 e. The van der Waals surface area contributed by atoms with E-state index >= 15 is 0 Å². The molecule has 0 saturated carbocycles. The molecule has 0 aliphatic rings. The number of carbonyl (C=O) groups is 1. The fourth-order valence-corrected chi connectivity index (χ4v) is 3.77. The number of fused-ring (bicyclic) bond motifs is 1. The van der Waals surface area contributed by atoms with E-state index in [0.29, 0.717) is 20.5 Å². The first-order valence-electron chi connectivity index (χ1n) is 7.85. The summed E-state index contributed by atoms with van der Waals surface area (Å²) in [7, 11) is 0. The van der Waals surface area contributed by atoms with Crippen LogP contribution in [0.5, 0.6) is 0 Å². The van der Waals surface area contributed by atoms with E-state index in [9.17, 15) is 36.3 Å². The highest BCUT2D eigenvalue weighted by Gasteiger charge is 2.32. The molecule has 0 radical (unpaired) electrons. The largest absolute Gasteiger partial charge is 0.462 e. The molecule has 0 fully saturated rings. The van der Waals surface area contributed by atoms with Gasteiger partial charge in [0.1, 0.15) is 9.71 Å². The Labute approximate surface area is 152 Å². The lowest BCUT2D eigenvalue weighted by atomic mass is 10.2. The molecule has 12 heteroatoms. The highest BCUT2D eigenvalue weighted by molar-refractivity contribution is 7.20. The summed E-state index contributed by atoms with van der Waals surface area (Å²) in [4.78, 5) is 35.9. The van der Waals surface area contributed by atoms with Crippen molar-refractivity contribution in [3.05, 3.63) is 31.3 Å². The fourth-order valence-electron chi connectivity index (χ4n) is 2.55. The summed E-state index contributed by atoms with van der Waals surface area (Å²) >= 11 is 0.353. The zero-order valence-electron chi connectivity index (χ0n) is 14.2. The van der Waals surface area contributed by atoms with Gasteiger partial charge in [0.15, 0.2) is 0 Å². The van der Waals surface area contributed by atoms with Crippen LogP contribution in [0, 0.1) is 0 Å². The molecule has 0 spiro atoms. The molecule has 150 valence electrons. The average molecular weight is 414 g/mol. The number of aromatic nitrogens is 2. The first-order chi connectivity index (χ1) is 12.5. The number of halogens is 5. The average Bonchev–Trinajstić information content (AvgIpc) is 2.95. The lowest BCUT2D eigenvalue weighted by molar-refractivity contribution is -0.136. The smallest absolute Gasteiger partial charge is 0.390 e. The number of hydrogen-bond acceptors (Lipinski definition) is 5. The Morgan fingerprint density at radius 1 is 1.19 bits per heavy atom. The highest BCUT2D eigenvalue weighted by Crippen LogP contribution is 2.36. The lowest BCUT2D eigenvalue weighted by Crippen LogP contribution is -2.40. The molecule has 0 saturated heterocycles. The van der Waals surface area contributed by atoms with Gasteiger partial charge in [-0.3, -0.25) is 13.9 Å². The van der Waals surface area contributed by atoms with Crippen LogP contribution >= 0.6 is 11.3 Å². The predicted molar refractivity (Wildman–Crippen MR) is 87.6 cm³/mol. The second kappa shape index (κ2) is 7.79. The molecule has 2 aromatic heterocycles. The molecular weight excluding hydrogens is 399 g/mol. The van der Waals surface area contributed by atoms with E-state index in [4.69, 9.17) is 4.74 Å². The van der Waals surface area contributed by atoms with Crippen molar-refractivity contribution in [2.45, 2.75) is 46.0 Å². The minimum atomic E-state index is -4.61. The maximum Gasteiger partial charge on any atom is 0.390 e. The Morgan fingerprint density at radius 2 is 1.81 bits per heavy atom. The molecule has 2 heterocycles. The van der Waals surface area contributed by atoms with Gasteiger partial charge < -0.3 is 4.74 Å². The minimum absolute atomic E-state index is 0.129. The summed E-state index contributed by atoms with van der Waals surface area (Å²) in [5.41, 5.74) is -3.07. The number of hydrogen-bond donors (Lipinski definition) is 0. The number of esters is 1. The van der Waals surface area contributed by atoms with Gasteiger partial charge in [-0.05, 0) is 13.8 Å². The zero-order chi connectivity index (χ0) is 20.5. The molecule has 0 atom stereocenters. The van der Waals surface area contributed by atoms with Gasteiger partial charge in [0.2, 0.25) is 0 Å². The summed E-state index contributed by atoms with van der Waals surface area (Å²) < 4.78 is 70.9. The second-order valence-corrected chi connectivity index (χ2v) is 6.39. The Bertz CT molecular complexity index is 974. The number of carbonyl (C=O) groups excluding carboxylic acids is 1. The van der Waals surface area contributed by atoms with Crippen molar-refractivity contribution in [3.63, 3.8) is 0 Å². The molecule has 2 rings (SSSR count). The molecule has 2 aromatic rings. The van der Waals surface area contributed by atoms with Gasteiger partial charge in [-0.15, -0.1) is 11.3 Å². The maximum atomic E-state index is 13.6. The molecule has 0 unspecified atom stereocenters.